The second-order valence-electron chi connectivity index (χ2n) is 17.0. The third-order valence-electron chi connectivity index (χ3n) is 11.1. The number of hydrogen-bond acceptors (Lipinski definition) is 7. The van der Waals surface area contributed by atoms with E-state index in [0.29, 0.717) is 63.0 Å². The van der Waals surface area contributed by atoms with Gasteiger partial charge in [-0.1, -0.05) is 91.6 Å². The molecule has 1 aliphatic rings. The molecule has 53 heavy (non-hydrogen) atoms. The van der Waals surface area contributed by atoms with Gasteiger partial charge in [0.1, 0.15) is 23.4 Å². The van der Waals surface area contributed by atoms with E-state index < -0.39 is 37.3 Å². The molecule has 4 aromatic rings. The number of nitrogens with zero attached hydrogens (tertiary/aromatic N) is 4. The van der Waals surface area contributed by atoms with Gasteiger partial charge in [0, 0.05) is 31.8 Å². The Balaban J connectivity index is 1.74. The maximum atomic E-state index is 14.4. The standard InChI is InChI=1S/C41H58N4O5SSi2/c1-28(2)53(29(3)4,30(5)6)50-26-33-23-31(7)38-34(17-20-45(38)51(47,48)41(8)18-13-12-14-19-41)37(33)39(46)40-43-35-24-32(25-42)15-16-36(35)44(40)27-49-21-22-52(9,10)11/h12-18,20,23-24,28-30,39,46H,19,21-22,26-27H2,1-11H3. The van der Waals surface area contributed by atoms with E-state index in [4.69, 9.17) is 14.1 Å². The number of nitriles is 1. The van der Waals surface area contributed by atoms with Crippen LogP contribution < -0.4 is 0 Å². The molecular weight excluding hydrogens is 717 g/mol. The van der Waals surface area contributed by atoms with Gasteiger partial charge in [-0.3, -0.25) is 0 Å². The lowest BCUT2D eigenvalue weighted by Gasteiger charge is -2.42. The Morgan fingerprint density at radius 1 is 1.04 bits per heavy atom. The number of allylic oxidation sites excluding steroid dienone is 3. The van der Waals surface area contributed by atoms with Crippen LogP contribution in [0.25, 0.3) is 21.9 Å². The third kappa shape index (κ3) is 7.66. The highest BCUT2D eigenvalue weighted by molar-refractivity contribution is 7.91. The first kappa shape index (κ1) is 40.9. The number of benzene rings is 2. The summed E-state index contributed by atoms with van der Waals surface area (Å²) < 4.78 is 44.4. The molecule has 2 atom stereocenters. The van der Waals surface area contributed by atoms with Crippen molar-refractivity contribution in [2.75, 3.05) is 6.61 Å². The maximum Gasteiger partial charge on any atom is 0.248 e. The molecule has 0 saturated carbocycles. The summed E-state index contributed by atoms with van der Waals surface area (Å²) in [6.45, 7) is 25.1. The Morgan fingerprint density at radius 2 is 1.72 bits per heavy atom. The van der Waals surface area contributed by atoms with Gasteiger partial charge in [0.25, 0.3) is 0 Å². The molecule has 1 N–H and O–H groups in total. The largest absolute Gasteiger partial charge is 0.412 e. The van der Waals surface area contributed by atoms with Gasteiger partial charge in [-0.25, -0.2) is 17.4 Å². The smallest absolute Gasteiger partial charge is 0.248 e. The number of fused-ring (bicyclic) bond motifs is 2. The van der Waals surface area contributed by atoms with Crippen molar-refractivity contribution >= 4 is 48.4 Å². The van der Waals surface area contributed by atoms with Gasteiger partial charge in [0.15, 0.2) is 0 Å². The summed E-state index contributed by atoms with van der Waals surface area (Å²) in [5.74, 6) is 0.359. The van der Waals surface area contributed by atoms with Gasteiger partial charge in [-0.2, -0.15) is 5.26 Å². The highest BCUT2D eigenvalue weighted by Crippen LogP contribution is 2.44. The van der Waals surface area contributed by atoms with Crippen LogP contribution in [0.15, 0.2) is 60.8 Å². The van der Waals surface area contributed by atoms with Crippen LogP contribution >= 0.6 is 0 Å². The molecule has 9 nitrogen and oxygen atoms in total. The Kier molecular flexibility index (Phi) is 11.9. The van der Waals surface area contributed by atoms with E-state index in [1.807, 2.05) is 35.8 Å². The van der Waals surface area contributed by atoms with Crippen molar-refractivity contribution in [1.82, 2.24) is 13.5 Å². The highest BCUT2D eigenvalue weighted by Gasteiger charge is 2.45. The SMILES string of the molecule is Cc1cc(CO[Si](C(C)C)(C(C)C)C(C)C)c(C(O)c2nc3cc(C#N)ccc3n2COCC[Si](C)(C)C)c2ccn(S(=O)(=O)C3(C)C=CC=CC3)c12. The Labute approximate surface area is 318 Å². The van der Waals surface area contributed by atoms with Crippen LogP contribution in [0, 0.1) is 18.3 Å². The molecule has 2 unspecified atom stereocenters. The summed E-state index contributed by atoms with van der Waals surface area (Å²) in [6, 6.07) is 12.3. The fourth-order valence-corrected chi connectivity index (χ4v) is 16.2. The van der Waals surface area contributed by atoms with Crippen molar-refractivity contribution in [3.05, 3.63) is 88.9 Å². The Bertz CT molecular complexity index is 2170. The second-order valence-corrected chi connectivity index (χ2v) is 30.4. The molecule has 2 heterocycles. The van der Waals surface area contributed by atoms with Crippen LogP contribution in [0.3, 0.4) is 0 Å². The van der Waals surface area contributed by atoms with Gasteiger partial charge in [-0.05, 0) is 78.3 Å². The maximum absolute atomic E-state index is 14.4. The molecule has 0 bridgehead atoms. The molecule has 2 aromatic heterocycles. The zero-order valence-electron chi connectivity index (χ0n) is 33.4. The number of aromatic nitrogens is 3. The number of imidazole rings is 1. The fraction of sp³-hybridized carbons (Fsp3) is 0.512. The molecule has 0 saturated heterocycles. The second kappa shape index (κ2) is 15.4. The molecule has 286 valence electrons. The summed E-state index contributed by atoms with van der Waals surface area (Å²) in [5.41, 5.74) is 5.46. The van der Waals surface area contributed by atoms with E-state index in [9.17, 15) is 18.8 Å². The van der Waals surface area contributed by atoms with Crippen molar-refractivity contribution in [2.45, 2.75) is 128 Å². The molecule has 0 fully saturated rings. The normalized spacial score (nSPS) is 17.5. The van der Waals surface area contributed by atoms with Gasteiger partial charge >= 0.3 is 0 Å². The monoisotopic (exact) mass is 774 g/mol. The van der Waals surface area contributed by atoms with Gasteiger partial charge in [-0.15, -0.1) is 0 Å². The zero-order chi connectivity index (χ0) is 39.1. The molecule has 2 aromatic carbocycles. The number of hydrogen-bond donors (Lipinski definition) is 1. The molecular formula is C41H58N4O5SSi2. The lowest BCUT2D eigenvalue weighted by Crippen LogP contribution is -2.47. The summed E-state index contributed by atoms with van der Waals surface area (Å²) >= 11 is 0. The average Bonchev–Trinajstić information content (AvgIpc) is 3.69. The van der Waals surface area contributed by atoms with Crippen LogP contribution in [0.1, 0.15) is 89.1 Å². The molecule has 12 heteroatoms. The van der Waals surface area contributed by atoms with Crippen molar-refractivity contribution in [3.8, 4) is 6.07 Å². The minimum Gasteiger partial charge on any atom is -0.412 e. The minimum absolute atomic E-state index is 0.164. The van der Waals surface area contributed by atoms with Crippen molar-refractivity contribution in [2.24, 2.45) is 0 Å². The molecule has 1 aliphatic carbocycles. The third-order valence-corrected chi connectivity index (χ3v) is 21.2. The zero-order valence-corrected chi connectivity index (χ0v) is 36.2. The molecule has 0 aliphatic heterocycles. The highest BCUT2D eigenvalue weighted by atomic mass is 32.2. The predicted molar refractivity (Wildman–Crippen MR) is 221 cm³/mol. The first-order valence-electron chi connectivity index (χ1n) is 18.8. The van der Waals surface area contributed by atoms with Gasteiger partial charge in [0.2, 0.25) is 18.3 Å². The number of rotatable bonds is 15. The van der Waals surface area contributed by atoms with Crippen LogP contribution in [0.5, 0.6) is 0 Å². The van der Waals surface area contributed by atoms with E-state index in [1.165, 1.54) is 3.97 Å². The van der Waals surface area contributed by atoms with E-state index in [2.05, 4.69) is 67.3 Å². The average molecular weight is 775 g/mol. The fourth-order valence-electron chi connectivity index (χ4n) is 8.29. The quantitative estimate of drug-likeness (QED) is 0.0944. The Hall–Kier alpha value is -3.32. The van der Waals surface area contributed by atoms with Crippen molar-refractivity contribution in [1.29, 1.82) is 5.26 Å². The molecule has 5 rings (SSSR count). The van der Waals surface area contributed by atoms with E-state index in [0.717, 1.165) is 22.7 Å². The minimum atomic E-state index is -3.92. The number of aryl methyl sites for hydroxylation is 1. The van der Waals surface area contributed by atoms with Gasteiger partial charge < -0.3 is 18.8 Å². The van der Waals surface area contributed by atoms with E-state index in [1.54, 1.807) is 43.5 Å². The van der Waals surface area contributed by atoms with Crippen LogP contribution in [0.4, 0.5) is 0 Å². The van der Waals surface area contributed by atoms with Crippen LogP contribution in [-0.4, -0.2) is 54.8 Å². The lowest BCUT2D eigenvalue weighted by molar-refractivity contribution is 0.0814. The topological polar surface area (TPSA) is 119 Å². The summed E-state index contributed by atoms with van der Waals surface area (Å²) in [4.78, 5) is 4.95. The van der Waals surface area contributed by atoms with Gasteiger partial charge in [0.05, 0.1) is 34.8 Å². The summed E-state index contributed by atoms with van der Waals surface area (Å²) in [7, 11) is -7.62. The predicted octanol–water partition coefficient (Wildman–Crippen LogP) is 9.71. The number of aliphatic hydroxyl groups is 1. The molecule has 0 amide bonds. The summed E-state index contributed by atoms with van der Waals surface area (Å²) in [5, 5.41) is 23.0. The Morgan fingerprint density at radius 3 is 2.30 bits per heavy atom. The first-order chi connectivity index (χ1) is 24.8. The summed E-state index contributed by atoms with van der Waals surface area (Å²) in [6.07, 6.45) is 7.97. The van der Waals surface area contributed by atoms with Crippen molar-refractivity contribution < 1.29 is 22.7 Å². The van der Waals surface area contributed by atoms with E-state index in [-0.39, 0.29) is 13.3 Å². The van der Waals surface area contributed by atoms with E-state index >= 15 is 0 Å². The van der Waals surface area contributed by atoms with Crippen LogP contribution in [-0.2, 0) is 32.5 Å². The lowest BCUT2D eigenvalue weighted by atomic mass is 9.95. The van der Waals surface area contributed by atoms with Crippen molar-refractivity contribution in [3.63, 3.8) is 0 Å². The van der Waals surface area contributed by atoms with Crippen LogP contribution in [0.2, 0.25) is 42.3 Å². The first-order valence-corrected chi connectivity index (χ1v) is 26.1. The molecule has 0 radical (unpaired) electrons. The number of aliphatic hydroxyl groups excluding tert-OH is 1. The molecule has 0 spiro atoms. The number of ether oxygens (including phenoxy) is 1.